The molecule has 2 N–H and O–H groups in total. The molecule has 0 fully saturated rings. The first-order valence-electron chi connectivity index (χ1n) is 7.74. The highest BCUT2D eigenvalue weighted by Crippen LogP contribution is 2.27. The van der Waals surface area contributed by atoms with Gasteiger partial charge in [-0.25, -0.2) is 18.4 Å². The Hall–Kier alpha value is -2.84. The molecule has 0 saturated heterocycles. The topological polar surface area (TPSA) is 103 Å². The van der Waals surface area contributed by atoms with E-state index in [4.69, 9.17) is 14.3 Å². The van der Waals surface area contributed by atoms with Crippen molar-refractivity contribution in [2.45, 2.75) is 11.5 Å². The van der Waals surface area contributed by atoms with Gasteiger partial charge < -0.3 is 14.1 Å². The minimum absolute atomic E-state index is 0.0462. The van der Waals surface area contributed by atoms with E-state index in [9.17, 15) is 13.2 Å². The van der Waals surface area contributed by atoms with Gasteiger partial charge in [-0.3, -0.25) is 0 Å². The van der Waals surface area contributed by atoms with Crippen LogP contribution in [0.3, 0.4) is 0 Å². The Kier molecular flexibility index (Phi) is 4.71. The van der Waals surface area contributed by atoms with Gasteiger partial charge in [-0.2, -0.15) is 0 Å². The first-order chi connectivity index (χ1) is 12.2. The summed E-state index contributed by atoms with van der Waals surface area (Å²) in [6.07, 6.45) is 0. The van der Waals surface area contributed by atoms with Gasteiger partial charge in [0.25, 0.3) is 0 Å². The van der Waals surface area contributed by atoms with Crippen molar-refractivity contribution >= 4 is 26.7 Å². The molecule has 0 spiro atoms. The average molecular weight is 374 g/mol. The maximum absolute atomic E-state index is 11.7. The Morgan fingerprint density at radius 2 is 1.77 bits per heavy atom. The number of anilines is 1. The molecule has 0 radical (unpaired) electrons. The molecule has 0 aliphatic carbocycles. The highest BCUT2D eigenvalue weighted by molar-refractivity contribution is 7.89. The number of rotatable bonds is 5. The highest BCUT2D eigenvalue weighted by atomic mass is 32.2. The summed E-state index contributed by atoms with van der Waals surface area (Å²) in [5.74, 6) is 0.534. The summed E-state index contributed by atoms with van der Waals surface area (Å²) in [6.45, 7) is 0.230. The van der Waals surface area contributed by atoms with Gasteiger partial charge in [0.2, 0.25) is 10.0 Å². The van der Waals surface area contributed by atoms with Gasteiger partial charge in [0.1, 0.15) is 17.9 Å². The number of benzene rings is 2. The normalized spacial score (nSPS) is 11.5. The van der Waals surface area contributed by atoms with Crippen LogP contribution in [0.1, 0.15) is 5.56 Å². The smallest absolute Gasteiger partial charge is 0.338 e. The summed E-state index contributed by atoms with van der Waals surface area (Å²) in [6, 6.07) is 12.8. The van der Waals surface area contributed by atoms with E-state index in [0.29, 0.717) is 11.3 Å². The number of fused-ring (bicyclic) bond motifs is 1. The fourth-order valence-corrected chi connectivity index (χ4v) is 3.04. The molecule has 8 heteroatoms. The molecule has 1 heterocycles. The van der Waals surface area contributed by atoms with E-state index in [-0.39, 0.29) is 11.5 Å². The van der Waals surface area contributed by atoms with Crippen LogP contribution in [0, 0.1) is 0 Å². The number of hydrogen-bond donors (Lipinski definition) is 1. The van der Waals surface area contributed by atoms with Gasteiger partial charge in [0.05, 0.1) is 10.6 Å². The highest BCUT2D eigenvalue weighted by Gasteiger charge is 2.10. The number of hydrogen-bond acceptors (Lipinski definition) is 6. The molecule has 26 heavy (non-hydrogen) atoms. The van der Waals surface area contributed by atoms with Crippen molar-refractivity contribution < 1.29 is 17.6 Å². The van der Waals surface area contributed by atoms with Crippen LogP contribution in [0.2, 0.25) is 0 Å². The zero-order chi connectivity index (χ0) is 18.9. The average Bonchev–Trinajstić information content (AvgIpc) is 2.58. The lowest BCUT2D eigenvalue weighted by atomic mass is 10.2. The molecule has 7 nitrogen and oxygen atoms in total. The summed E-state index contributed by atoms with van der Waals surface area (Å²) in [5.41, 5.74) is 1.54. The van der Waals surface area contributed by atoms with Gasteiger partial charge in [-0.1, -0.05) is 12.1 Å². The molecule has 0 bridgehead atoms. The zero-order valence-electron chi connectivity index (χ0n) is 14.3. The van der Waals surface area contributed by atoms with Crippen molar-refractivity contribution in [2.24, 2.45) is 5.14 Å². The lowest BCUT2D eigenvalue weighted by Gasteiger charge is -2.14. The molecule has 2 aromatic carbocycles. The molecule has 1 aromatic heterocycles. The summed E-state index contributed by atoms with van der Waals surface area (Å²) >= 11 is 0. The van der Waals surface area contributed by atoms with Crippen LogP contribution in [-0.2, 0) is 16.6 Å². The molecule has 136 valence electrons. The fraction of sp³-hybridized carbons (Fsp3) is 0.167. The lowest BCUT2D eigenvalue weighted by Crippen LogP contribution is -2.12. The quantitative estimate of drug-likeness (QED) is 0.686. The van der Waals surface area contributed by atoms with Gasteiger partial charge in [-0.05, 0) is 29.8 Å². The summed E-state index contributed by atoms with van der Waals surface area (Å²) in [4.78, 5) is 13.6. The third-order valence-electron chi connectivity index (χ3n) is 3.83. The number of sulfonamides is 1. The molecule has 0 aliphatic rings. The fourth-order valence-electron chi connectivity index (χ4n) is 2.53. The SMILES string of the molecule is CN(C)c1cc(=O)oc2cc(OCc3ccc(S(N)(=O)=O)cc3)ccc12. The Balaban J connectivity index is 1.82. The van der Waals surface area contributed by atoms with Crippen molar-refractivity contribution in [2.75, 3.05) is 19.0 Å². The first kappa shape index (κ1) is 18.0. The van der Waals surface area contributed by atoms with E-state index >= 15 is 0 Å². The largest absolute Gasteiger partial charge is 0.489 e. The Morgan fingerprint density at radius 3 is 2.38 bits per heavy atom. The van der Waals surface area contributed by atoms with Crippen LogP contribution >= 0.6 is 0 Å². The molecule has 3 aromatic rings. The molecular formula is C18H18N2O5S. The summed E-state index contributed by atoms with van der Waals surface area (Å²) < 4.78 is 33.5. The van der Waals surface area contributed by atoms with Gasteiger partial charge in [0, 0.05) is 31.6 Å². The summed E-state index contributed by atoms with van der Waals surface area (Å²) in [7, 11) is -0.0110. The van der Waals surface area contributed by atoms with E-state index in [1.165, 1.54) is 18.2 Å². The predicted octanol–water partition coefficient (Wildman–Crippen LogP) is 2.09. The molecule has 0 aliphatic heterocycles. The monoisotopic (exact) mass is 374 g/mol. The third kappa shape index (κ3) is 3.87. The first-order valence-corrected chi connectivity index (χ1v) is 9.28. The van der Waals surface area contributed by atoms with E-state index in [1.807, 2.05) is 25.1 Å². The number of nitrogens with zero attached hydrogens (tertiary/aromatic N) is 1. The molecule has 3 rings (SSSR count). The molecular weight excluding hydrogens is 356 g/mol. The van der Waals surface area contributed by atoms with E-state index in [0.717, 1.165) is 16.6 Å². The summed E-state index contributed by atoms with van der Waals surface area (Å²) in [5, 5.41) is 5.88. The van der Waals surface area contributed by atoms with Crippen LogP contribution < -0.4 is 20.4 Å². The van der Waals surface area contributed by atoms with E-state index < -0.39 is 15.6 Å². The second-order valence-electron chi connectivity index (χ2n) is 5.98. The van der Waals surface area contributed by atoms with Crippen LogP contribution in [0.5, 0.6) is 5.75 Å². The minimum atomic E-state index is -3.71. The molecule has 0 unspecified atom stereocenters. The van der Waals surface area contributed by atoms with Crippen LogP contribution in [0.15, 0.2) is 62.6 Å². The molecule has 0 saturated carbocycles. The third-order valence-corrected chi connectivity index (χ3v) is 4.76. The zero-order valence-corrected chi connectivity index (χ0v) is 15.1. The second kappa shape index (κ2) is 6.81. The lowest BCUT2D eigenvalue weighted by molar-refractivity contribution is 0.306. The Labute approximate surface area is 150 Å². The van der Waals surface area contributed by atoms with Gasteiger partial charge >= 0.3 is 5.63 Å². The maximum atomic E-state index is 11.7. The standard InChI is InChI=1S/C18H18N2O5S/c1-20(2)16-10-18(21)25-17-9-13(5-8-15(16)17)24-11-12-3-6-14(7-4-12)26(19,22)23/h3-10H,11H2,1-2H3,(H2,19,22,23). The van der Waals surface area contributed by atoms with Crippen LogP contribution in [0.4, 0.5) is 5.69 Å². The van der Waals surface area contributed by atoms with Gasteiger partial charge in [-0.15, -0.1) is 0 Å². The number of nitrogens with two attached hydrogens (primary N) is 1. The van der Waals surface area contributed by atoms with Crippen molar-refractivity contribution in [1.29, 1.82) is 0 Å². The Morgan fingerprint density at radius 1 is 1.08 bits per heavy atom. The molecule has 0 atom stereocenters. The molecule has 0 amide bonds. The van der Waals surface area contributed by atoms with Crippen molar-refractivity contribution in [3.63, 3.8) is 0 Å². The van der Waals surface area contributed by atoms with E-state index in [1.54, 1.807) is 24.3 Å². The predicted molar refractivity (Wildman–Crippen MR) is 99.0 cm³/mol. The van der Waals surface area contributed by atoms with Crippen molar-refractivity contribution in [3.05, 3.63) is 64.5 Å². The second-order valence-corrected chi connectivity index (χ2v) is 7.54. The minimum Gasteiger partial charge on any atom is -0.489 e. The van der Waals surface area contributed by atoms with Crippen molar-refractivity contribution in [1.82, 2.24) is 0 Å². The number of ether oxygens (including phenoxy) is 1. The van der Waals surface area contributed by atoms with E-state index in [2.05, 4.69) is 0 Å². The van der Waals surface area contributed by atoms with Crippen molar-refractivity contribution in [3.8, 4) is 5.75 Å². The maximum Gasteiger partial charge on any atom is 0.338 e. The van der Waals surface area contributed by atoms with Crippen LogP contribution in [0.25, 0.3) is 11.0 Å². The number of primary sulfonamides is 1. The Bertz CT molecular complexity index is 1100. The van der Waals surface area contributed by atoms with Crippen LogP contribution in [-0.4, -0.2) is 22.5 Å². The van der Waals surface area contributed by atoms with Gasteiger partial charge in [0.15, 0.2) is 0 Å².